The Morgan fingerprint density at radius 1 is 1.12 bits per heavy atom. The quantitative estimate of drug-likeness (QED) is 0.762. The molecule has 0 unspecified atom stereocenters. The summed E-state index contributed by atoms with van der Waals surface area (Å²) in [5, 5.41) is 17.5. The Hall–Kier alpha value is -3.35. The van der Waals surface area contributed by atoms with E-state index in [1.165, 1.54) is 18.5 Å². The van der Waals surface area contributed by atoms with E-state index in [0.717, 1.165) is 11.1 Å². The van der Waals surface area contributed by atoms with E-state index in [1.54, 1.807) is 25.1 Å². The highest BCUT2D eigenvalue weighted by molar-refractivity contribution is 5.92. The molecule has 1 amide bonds. The van der Waals surface area contributed by atoms with Crippen molar-refractivity contribution in [2.45, 2.75) is 13.8 Å². The molecule has 24 heavy (non-hydrogen) atoms. The number of rotatable bonds is 3. The summed E-state index contributed by atoms with van der Waals surface area (Å²) < 4.78 is 0. The minimum Gasteiger partial charge on any atom is -0.508 e. The lowest BCUT2D eigenvalue weighted by molar-refractivity contribution is 0.0995. The molecule has 3 N–H and O–H groups in total. The molecule has 120 valence electrons. The molecule has 0 aliphatic heterocycles. The van der Waals surface area contributed by atoms with Crippen LogP contribution >= 0.6 is 0 Å². The second-order valence-electron chi connectivity index (χ2n) is 5.36. The molecule has 3 aromatic rings. The summed E-state index contributed by atoms with van der Waals surface area (Å²) in [4.78, 5) is 20.4. The lowest BCUT2D eigenvalue weighted by atomic mass is 9.98. The van der Waals surface area contributed by atoms with E-state index >= 15 is 0 Å². The van der Waals surface area contributed by atoms with Gasteiger partial charge in [-0.3, -0.25) is 4.79 Å². The molecule has 0 aliphatic carbocycles. The first-order valence-electron chi connectivity index (χ1n) is 7.23. The molecular weight excluding hydrogens is 306 g/mol. The van der Waals surface area contributed by atoms with E-state index in [1.807, 2.05) is 6.92 Å². The van der Waals surface area contributed by atoms with Crippen molar-refractivity contribution in [2.24, 2.45) is 5.73 Å². The number of hydrogen-bond acceptors (Lipinski definition) is 6. The Bertz CT molecular complexity index is 926. The highest BCUT2D eigenvalue weighted by Gasteiger charge is 2.16. The zero-order chi connectivity index (χ0) is 17.3. The van der Waals surface area contributed by atoms with Gasteiger partial charge in [-0.1, -0.05) is 6.07 Å². The number of aryl methyl sites for hydroxylation is 1. The number of aromatic nitrogens is 4. The number of carbonyl (C=O) groups excluding carboxylic acids is 1. The molecule has 0 fully saturated rings. The third-order valence-electron chi connectivity index (χ3n) is 3.72. The van der Waals surface area contributed by atoms with Crippen molar-refractivity contribution in [3.8, 4) is 28.4 Å². The van der Waals surface area contributed by atoms with Crippen molar-refractivity contribution in [1.29, 1.82) is 0 Å². The summed E-state index contributed by atoms with van der Waals surface area (Å²) in [5.41, 5.74) is 8.95. The normalized spacial score (nSPS) is 10.6. The largest absolute Gasteiger partial charge is 0.508 e. The molecule has 0 spiro atoms. The van der Waals surface area contributed by atoms with Gasteiger partial charge in [0.25, 0.3) is 5.91 Å². The van der Waals surface area contributed by atoms with Crippen LogP contribution in [-0.4, -0.2) is 31.2 Å². The molecular formula is C17H15N5O2. The minimum atomic E-state index is -0.655. The highest BCUT2D eigenvalue weighted by atomic mass is 16.3. The molecule has 7 nitrogen and oxygen atoms in total. The second-order valence-corrected chi connectivity index (χ2v) is 5.36. The predicted molar refractivity (Wildman–Crippen MR) is 88.2 cm³/mol. The van der Waals surface area contributed by atoms with Crippen LogP contribution in [0.25, 0.3) is 22.6 Å². The van der Waals surface area contributed by atoms with Gasteiger partial charge in [0.2, 0.25) is 0 Å². The van der Waals surface area contributed by atoms with Crippen molar-refractivity contribution >= 4 is 5.91 Å². The van der Waals surface area contributed by atoms with E-state index in [2.05, 4.69) is 20.2 Å². The SMILES string of the molecule is Cc1ccc(O)c(C)c1-c1cc(C(N)=O)nc(-c2ccnnc2)n1. The van der Waals surface area contributed by atoms with Crippen LogP contribution in [0.2, 0.25) is 0 Å². The topological polar surface area (TPSA) is 115 Å². The third-order valence-corrected chi connectivity index (χ3v) is 3.72. The van der Waals surface area contributed by atoms with Crippen LogP contribution in [0, 0.1) is 13.8 Å². The Kier molecular flexibility index (Phi) is 3.91. The van der Waals surface area contributed by atoms with Gasteiger partial charge in [-0.15, -0.1) is 0 Å². The minimum absolute atomic E-state index is 0.0916. The monoisotopic (exact) mass is 321 g/mol. The fourth-order valence-electron chi connectivity index (χ4n) is 2.48. The number of amides is 1. The van der Waals surface area contributed by atoms with Gasteiger partial charge in [-0.25, -0.2) is 9.97 Å². The summed E-state index contributed by atoms with van der Waals surface area (Å²) in [6.07, 6.45) is 3.02. The van der Waals surface area contributed by atoms with E-state index < -0.39 is 5.91 Å². The number of benzene rings is 1. The van der Waals surface area contributed by atoms with Crippen molar-refractivity contribution in [3.63, 3.8) is 0 Å². The first kappa shape index (κ1) is 15.5. The number of nitrogens with two attached hydrogens (primary N) is 1. The molecule has 0 radical (unpaired) electrons. The van der Waals surface area contributed by atoms with E-state index in [-0.39, 0.29) is 11.4 Å². The van der Waals surface area contributed by atoms with Gasteiger partial charge in [-0.05, 0) is 37.6 Å². The number of hydrogen-bond donors (Lipinski definition) is 2. The maximum atomic E-state index is 11.7. The van der Waals surface area contributed by atoms with Gasteiger partial charge in [0.1, 0.15) is 11.4 Å². The highest BCUT2D eigenvalue weighted by Crippen LogP contribution is 2.32. The van der Waals surface area contributed by atoms with Crippen molar-refractivity contribution in [3.05, 3.63) is 53.5 Å². The van der Waals surface area contributed by atoms with E-state index in [4.69, 9.17) is 5.73 Å². The number of aromatic hydroxyl groups is 1. The van der Waals surface area contributed by atoms with Crippen LogP contribution in [0.3, 0.4) is 0 Å². The molecule has 0 saturated carbocycles. The number of phenols is 1. The molecule has 0 atom stereocenters. The molecule has 0 saturated heterocycles. The van der Waals surface area contributed by atoms with Gasteiger partial charge in [0.05, 0.1) is 18.1 Å². The summed E-state index contributed by atoms with van der Waals surface area (Å²) in [7, 11) is 0. The number of nitrogens with zero attached hydrogens (tertiary/aromatic N) is 4. The predicted octanol–water partition coefficient (Wildman–Crippen LogP) is 2.02. The Balaban J connectivity index is 2.28. The first-order chi connectivity index (χ1) is 11.5. The van der Waals surface area contributed by atoms with Crippen LogP contribution in [0.5, 0.6) is 5.75 Å². The average Bonchev–Trinajstić information content (AvgIpc) is 2.59. The van der Waals surface area contributed by atoms with Gasteiger partial charge < -0.3 is 10.8 Å². The Morgan fingerprint density at radius 3 is 2.58 bits per heavy atom. The fourth-order valence-corrected chi connectivity index (χ4v) is 2.48. The lowest BCUT2D eigenvalue weighted by Crippen LogP contribution is -2.14. The lowest BCUT2D eigenvalue weighted by Gasteiger charge is -2.12. The van der Waals surface area contributed by atoms with Gasteiger partial charge >= 0.3 is 0 Å². The summed E-state index contributed by atoms with van der Waals surface area (Å²) in [6, 6.07) is 6.63. The van der Waals surface area contributed by atoms with Crippen molar-refractivity contribution in [2.75, 3.05) is 0 Å². The van der Waals surface area contributed by atoms with Gasteiger partial charge in [-0.2, -0.15) is 10.2 Å². The first-order valence-corrected chi connectivity index (χ1v) is 7.23. The van der Waals surface area contributed by atoms with E-state index in [0.29, 0.717) is 22.6 Å². The van der Waals surface area contributed by atoms with Crippen LogP contribution in [-0.2, 0) is 0 Å². The average molecular weight is 321 g/mol. The number of carbonyl (C=O) groups is 1. The molecule has 3 rings (SSSR count). The van der Waals surface area contributed by atoms with Gasteiger partial charge in [0.15, 0.2) is 5.82 Å². The smallest absolute Gasteiger partial charge is 0.267 e. The molecule has 7 heteroatoms. The zero-order valence-corrected chi connectivity index (χ0v) is 13.2. The molecule has 0 aliphatic rings. The standard InChI is InChI=1S/C17H15N5O2/c1-9-3-4-14(23)10(2)15(9)12-7-13(16(18)24)22-17(21-12)11-5-6-19-20-8-11/h3-8,23H,1-2H3,(H2,18,24). The number of phenolic OH excluding ortho intramolecular Hbond substituents is 1. The fraction of sp³-hybridized carbons (Fsp3) is 0.118. The third kappa shape index (κ3) is 2.79. The summed E-state index contributed by atoms with van der Waals surface area (Å²) in [6.45, 7) is 3.69. The van der Waals surface area contributed by atoms with Gasteiger partial charge in [0, 0.05) is 16.7 Å². The van der Waals surface area contributed by atoms with E-state index in [9.17, 15) is 9.90 Å². The van der Waals surface area contributed by atoms with Crippen LogP contribution in [0.4, 0.5) is 0 Å². The molecule has 0 bridgehead atoms. The van der Waals surface area contributed by atoms with Crippen LogP contribution in [0.1, 0.15) is 21.6 Å². The maximum Gasteiger partial charge on any atom is 0.267 e. The van der Waals surface area contributed by atoms with Crippen molar-refractivity contribution in [1.82, 2.24) is 20.2 Å². The summed E-state index contributed by atoms with van der Waals surface area (Å²) >= 11 is 0. The molecule has 1 aromatic carbocycles. The Morgan fingerprint density at radius 2 is 1.92 bits per heavy atom. The molecule has 2 aromatic heterocycles. The summed E-state index contributed by atoms with van der Waals surface area (Å²) in [5.74, 6) is -0.183. The maximum absolute atomic E-state index is 11.7. The molecule has 2 heterocycles. The second kappa shape index (κ2) is 6.04. The Labute approximate surface area is 138 Å². The van der Waals surface area contributed by atoms with Crippen molar-refractivity contribution < 1.29 is 9.90 Å². The zero-order valence-electron chi connectivity index (χ0n) is 13.2. The van der Waals surface area contributed by atoms with Crippen LogP contribution in [0.15, 0.2) is 36.7 Å². The number of primary amides is 1. The van der Waals surface area contributed by atoms with Crippen LogP contribution < -0.4 is 5.73 Å².